The molecule has 24 heavy (non-hydrogen) atoms. The lowest BCUT2D eigenvalue weighted by atomic mass is 9.95. The SMILES string of the molecule is CC(C)(C)C(=O)Nc1ccc2oc(Cc3ccc(Cl)cc3)nc2c1. The van der Waals surface area contributed by atoms with Crippen molar-refractivity contribution in [1.82, 2.24) is 4.98 Å². The van der Waals surface area contributed by atoms with Crippen molar-refractivity contribution >= 4 is 34.3 Å². The summed E-state index contributed by atoms with van der Waals surface area (Å²) in [5.41, 5.74) is 2.78. The van der Waals surface area contributed by atoms with E-state index >= 15 is 0 Å². The van der Waals surface area contributed by atoms with Crippen LogP contribution in [0.2, 0.25) is 5.02 Å². The third kappa shape index (κ3) is 3.77. The van der Waals surface area contributed by atoms with E-state index in [-0.39, 0.29) is 5.91 Å². The second-order valence-corrected chi connectivity index (χ2v) is 7.23. The predicted molar refractivity (Wildman–Crippen MR) is 96.4 cm³/mol. The number of hydrogen-bond acceptors (Lipinski definition) is 3. The van der Waals surface area contributed by atoms with Crippen molar-refractivity contribution in [2.45, 2.75) is 27.2 Å². The number of hydrogen-bond donors (Lipinski definition) is 1. The molecule has 1 amide bonds. The maximum Gasteiger partial charge on any atom is 0.229 e. The van der Waals surface area contributed by atoms with E-state index in [9.17, 15) is 4.79 Å². The summed E-state index contributed by atoms with van der Waals surface area (Å²) in [7, 11) is 0. The monoisotopic (exact) mass is 342 g/mol. The zero-order valence-corrected chi connectivity index (χ0v) is 14.6. The van der Waals surface area contributed by atoms with Crippen LogP contribution in [0.25, 0.3) is 11.1 Å². The Kier molecular flexibility index (Phi) is 4.33. The number of anilines is 1. The van der Waals surface area contributed by atoms with Gasteiger partial charge in [0.1, 0.15) is 5.52 Å². The average Bonchev–Trinajstić information content (AvgIpc) is 2.90. The summed E-state index contributed by atoms with van der Waals surface area (Å²) in [6.07, 6.45) is 0.593. The third-order valence-corrected chi connectivity index (χ3v) is 3.89. The van der Waals surface area contributed by atoms with E-state index in [1.165, 1.54) is 0 Å². The Morgan fingerprint density at radius 3 is 2.54 bits per heavy atom. The number of carbonyl (C=O) groups is 1. The molecule has 1 aromatic heterocycles. The lowest BCUT2D eigenvalue weighted by Gasteiger charge is -2.17. The minimum atomic E-state index is -0.446. The average molecular weight is 343 g/mol. The molecule has 0 radical (unpaired) electrons. The number of fused-ring (bicyclic) bond motifs is 1. The van der Waals surface area contributed by atoms with Gasteiger partial charge >= 0.3 is 0 Å². The Balaban J connectivity index is 1.81. The lowest BCUT2D eigenvalue weighted by Crippen LogP contribution is -2.27. The van der Waals surface area contributed by atoms with Crippen molar-refractivity contribution < 1.29 is 9.21 Å². The van der Waals surface area contributed by atoms with Crippen LogP contribution >= 0.6 is 11.6 Å². The molecular formula is C19H19ClN2O2. The molecule has 0 bridgehead atoms. The Labute approximate surface area is 145 Å². The standard InChI is InChI=1S/C19H19ClN2O2/c1-19(2,3)18(23)21-14-8-9-16-15(11-14)22-17(24-16)10-12-4-6-13(20)7-5-12/h4-9,11H,10H2,1-3H3,(H,21,23). The van der Waals surface area contributed by atoms with Crippen molar-refractivity contribution in [2.75, 3.05) is 5.32 Å². The van der Waals surface area contributed by atoms with E-state index in [0.717, 1.165) is 11.1 Å². The Hall–Kier alpha value is -2.33. The molecule has 0 unspecified atom stereocenters. The zero-order chi connectivity index (χ0) is 17.3. The van der Waals surface area contributed by atoms with Crippen LogP contribution in [0.4, 0.5) is 5.69 Å². The third-order valence-electron chi connectivity index (χ3n) is 3.64. The maximum atomic E-state index is 12.1. The predicted octanol–water partition coefficient (Wildman–Crippen LogP) is 5.06. The molecular weight excluding hydrogens is 324 g/mol. The van der Waals surface area contributed by atoms with Gasteiger partial charge in [-0.3, -0.25) is 4.79 Å². The molecule has 0 fully saturated rings. The molecule has 0 saturated heterocycles. The summed E-state index contributed by atoms with van der Waals surface area (Å²) >= 11 is 5.90. The topological polar surface area (TPSA) is 55.1 Å². The fourth-order valence-electron chi connectivity index (χ4n) is 2.22. The van der Waals surface area contributed by atoms with Crippen LogP contribution in [-0.2, 0) is 11.2 Å². The first-order chi connectivity index (χ1) is 11.3. The van der Waals surface area contributed by atoms with Crippen molar-refractivity contribution in [3.63, 3.8) is 0 Å². The molecule has 0 atom stereocenters. The molecule has 4 nitrogen and oxygen atoms in total. The van der Waals surface area contributed by atoms with Crippen molar-refractivity contribution in [1.29, 1.82) is 0 Å². The summed E-state index contributed by atoms with van der Waals surface area (Å²) in [5.74, 6) is 0.596. The Bertz CT molecular complexity index is 877. The van der Waals surface area contributed by atoms with Gasteiger partial charge in [-0.15, -0.1) is 0 Å². The lowest BCUT2D eigenvalue weighted by molar-refractivity contribution is -0.123. The van der Waals surface area contributed by atoms with E-state index in [2.05, 4.69) is 10.3 Å². The first kappa shape index (κ1) is 16.5. The number of amides is 1. The quantitative estimate of drug-likeness (QED) is 0.724. The molecule has 2 aromatic carbocycles. The van der Waals surface area contributed by atoms with Crippen LogP contribution < -0.4 is 5.32 Å². The van der Waals surface area contributed by atoms with Gasteiger partial charge in [-0.2, -0.15) is 0 Å². The minimum Gasteiger partial charge on any atom is -0.440 e. The number of carbonyl (C=O) groups excluding carboxylic acids is 1. The molecule has 1 N–H and O–H groups in total. The highest BCUT2D eigenvalue weighted by atomic mass is 35.5. The first-order valence-electron chi connectivity index (χ1n) is 7.77. The summed E-state index contributed by atoms with van der Waals surface area (Å²) in [6, 6.07) is 13.1. The smallest absolute Gasteiger partial charge is 0.229 e. The molecule has 5 heteroatoms. The summed E-state index contributed by atoms with van der Waals surface area (Å²) in [5, 5.41) is 3.61. The summed E-state index contributed by atoms with van der Waals surface area (Å²) in [6.45, 7) is 5.63. The van der Waals surface area contributed by atoms with Gasteiger partial charge in [-0.05, 0) is 35.9 Å². The highest BCUT2D eigenvalue weighted by Crippen LogP contribution is 2.23. The Morgan fingerprint density at radius 2 is 1.88 bits per heavy atom. The van der Waals surface area contributed by atoms with Crippen molar-refractivity contribution in [3.05, 3.63) is 58.9 Å². The second-order valence-electron chi connectivity index (χ2n) is 6.80. The molecule has 124 valence electrons. The van der Waals surface area contributed by atoms with Crippen LogP contribution in [0.15, 0.2) is 46.9 Å². The summed E-state index contributed by atoms with van der Waals surface area (Å²) < 4.78 is 5.77. The first-order valence-corrected chi connectivity index (χ1v) is 8.14. The zero-order valence-electron chi connectivity index (χ0n) is 13.9. The largest absolute Gasteiger partial charge is 0.440 e. The number of benzene rings is 2. The molecule has 0 aliphatic heterocycles. The van der Waals surface area contributed by atoms with Gasteiger partial charge in [0.05, 0.1) is 0 Å². The van der Waals surface area contributed by atoms with E-state index in [1.807, 2.05) is 63.2 Å². The second kappa shape index (κ2) is 6.29. The molecule has 0 aliphatic carbocycles. The van der Waals surface area contributed by atoms with Crippen molar-refractivity contribution in [2.24, 2.45) is 5.41 Å². The highest BCUT2D eigenvalue weighted by molar-refractivity contribution is 6.30. The molecule has 3 rings (SSSR count). The number of nitrogens with zero attached hydrogens (tertiary/aromatic N) is 1. The van der Waals surface area contributed by atoms with Gasteiger partial charge in [0.2, 0.25) is 5.91 Å². The molecule has 0 saturated carbocycles. The molecule has 3 aromatic rings. The van der Waals surface area contributed by atoms with E-state index in [0.29, 0.717) is 28.6 Å². The van der Waals surface area contributed by atoms with Gasteiger partial charge in [-0.25, -0.2) is 4.98 Å². The van der Waals surface area contributed by atoms with Crippen LogP contribution in [0, 0.1) is 5.41 Å². The highest BCUT2D eigenvalue weighted by Gasteiger charge is 2.21. The Morgan fingerprint density at radius 1 is 1.17 bits per heavy atom. The van der Waals surface area contributed by atoms with E-state index in [4.69, 9.17) is 16.0 Å². The molecule has 0 aliphatic rings. The van der Waals surface area contributed by atoms with Crippen LogP contribution in [-0.4, -0.2) is 10.9 Å². The number of nitrogens with one attached hydrogen (secondary N) is 1. The maximum absolute atomic E-state index is 12.1. The van der Waals surface area contributed by atoms with Crippen LogP contribution in [0.3, 0.4) is 0 Å². The number of rotatable bonds is 3. The molecule has 0 spiro atoms. The van der Waals surface area contributed by atoms with E-state index < -0.39 is 5.41 Å². The van der Waals surface area contributed by atoms with Gasteiger partial charge < -0.3 is 9.73 Å². The van der Waals surface area contributed by atoms with Gasteiger partial charge in [0, 0.05) is 22.5 Å². The number of aromatic nitrogens is 1. The van der Waals surface area contributed by atoms with E-state index in [1.54, 1.807) is 0 Å². The molecule has 1 heterocycles. The fourth-order valence-corrected chi connectivity index (χ4v) is 2.35. The minimum absolute atomic E-state index is 0.0354. The summed E-state index contributed by atoms with van der Waals surface area (Å²) in [4.78, 5) is 16.6. The van der Waals surface area contributed by atoms with Gasteiger partial charge in [0.25, 0.3) is 0 Å². The normalized spacial score (nSPS) is 11.7. The fraction of sp³-hybridized carbons (Fsp3) is 0.263. The number of halogens is 1. The number of oxazole rings is 1. The van der Waals surface area contributed by atoms with Crippen LogP contribution in [0.5, 0.6) is 0 Å². The van der Waals surface area contributed by atoms with Crippen molar-refractivity contribution in [3.8, 4) is 0 Å². The van der Waals surface area contributed by atoms with Gasteiger partial charge in [0.15, 0.2) is 11.5 Å². The van der Waals surface area contributed by atoms with Gasteiger partial charge in [-0.1, -0.05) is 44.5 Å². The van der Waals surface area contributed by atoms with Crippen LogP contribution in [0.1, 0.15) is 32.2 Å².